The van der Waals surface area contributed by atoms with Crippen LogP contribution in [0, 0.1) is 5.92 Å². The highest BCUT2D eigenvalue weighted by Gasteiger charge is 2.27. The number of nitrogens with zero attached hydrogens (tertiary/aromatic N) is 4. The second-order valence-electron chi connectivity index (χ2n) is 5.26. The van der Waals surface area contributed by atoms with Gasteiger partial charge in [0.05, 0.1) is 5.92 Å². The van der Waals surface area contributed by atoms with Crippen molar-refractivity contribution in [3.8, 4) is 5.82 Å². The van der Waals surface area contributed by atoms with Gasteiger partial charge in [-0.25, -0.2) is 9.67 Å². The zero-order valence-corrected chi connectivity index (χ0v) is 11.9. The summed E-state index contributed by atoms with van der Waals surface area (Å²) < 4.78 is 1.59. The largest absolute Gasteiger partial charge is 0.481 e. The van der Waals surface area contributed by atoms with Crippen molar-refractivity contribution in [1.29, 1.82) is 0 Å². The summed E-state index contributed by atoms with van der Waals surface area (Å²) in [5.41, 5.74) is 0.536. The fourth-order valence-corrected chi connectivity index (χ4v) is 2.59. The van der Waals surface area contributed by atoms with E-state index in [9.17, 15) is 9.59 Å². The molecule has 0 aliphatic carbocycles. The maximum atomic E-state index is 12.5. The summed E-state index contributed by atoms with van der Waals surface area (Å²) in [6, 6.07) is 5.14. The minimum atomic E-state index is -0.781. The first-order valence-corrected chi connectivity index (χ1v) is 7.13. The van der Waals surface area contributed by atoms with Crippen LogP contribution in [0.1, 0.15) is 23.2 Å². The molecule has 3 heterocycles. The molecule has 0 spiro atoms. The van der Waals surface area contributed by atoms with E-state index in [-0.39, 0.29) is 11.8 Å². The van der Waals surface area contributed by atoms with E-state index in [1.54, 1.807) is 46.4 Å². The van der Waals surface area contributed by atoms with Crippen molar-refractivity contribution in [2.75, 3.05) is 13.1 Å². The van der Waals surface area contributed by atoms with Crippen molar-refractivity contribution < 1.29 is 14.7 Å². The molecular formula is C15H16N4O3. The number of carbonyl (C=O) groups excluding carboxylic acids is 1. The Morgan fingerprint density at radius 3 is 2.64 bits per heavy atom. The first-order chi connectivity index (χ1) is 10.6. The predicted molar refractivity (Wildman–Crippen MR) is 77.6 cm³/mol. The molecule has 2 aromatic heterocycles. The summed E-state index contributed by atoms with van der Waals surface area (Å²) in [7, 11) is 0. The van der Waals surface area contributed by atoms with Crippen molar-refractivity contribution in [2.45, 2.75) is 12.8 Å². The lowest BCUT2D eigenvalue weighted by Crippen LogP contribution is -2.40. The Hall–Kier alpha value is -2.70. The van der Waals surface area contributed by atoms with E-state index in [1.165, 1.54) is 0 Å². The molecule has 2 aromatic rings. The van der Waals surface area contributed by atoms with Gasteiger partial charge in [-0.1, -0.05) is 0 Å². The molecule has 1 amide bonds. The molecule has 0 aromatic carbocycles. The van der Waals surface area contributed by atoms with E-state index in [0.29, 0.717) is 37.3 Å². The smallest absolute Gasteiger partial charge is 0.306 e. The van der Waals surface area contributed by atoms with E-state index in [2.05, 4.69) is 10.1 Å². The Labute approximate surface area is 127 Å². The molecule has 1 fully saturated rings. The fourth-order valence-electron chi connectivity index (χ4n) is 2.59. The highest BCUT2D eigenvalue weighted by atomic mass is 16.4. The number of carboxylic acid groups (broad SMARTS) is 1. The number of carboxylic acids is 1. The van der Waals surface area contributed by atoms with Gasteiger partial charge in [-0.15, -0.1) is 0 Å². The molecule has 22 heavy (non-hydrogen) atoms. The molecule has 1 saturated heterocycles. The van der Waals surface area contributed by atoms with E-state index in [4.69, 9.17) is 5.11 Å². The average molecular weight is 300 g/mol. The predicted octanol–water partition coefficient (Wildman–Crippen LogP) is 1.20. The molecule has 1 N–H and O–H groups in total. The third-order valence-corrected chi connectivity index (χ3v) is 3.86. The van der Waals surface area contributed by atoms with Gasteiger partial charge in [0.2, 0.25) is 0 Å². The van der Waals surface area contributed by atoms with Crippen LogP contribution in [0.25, 0.3) is 5.82 Å². The molecule has 7 nitrogen and oxygen atoms in total. The number of carbonyl (C=O) groups is 2. The minimum absolute atomic E-state index is 0.0976. The second-order valence-corrected chi connectivity index (χ2v) is 5.26. The number of aromatic nitrogens is 3. The number of likely N-dealkylation sites (tertiary alicyclic amines) is 1. The van der Waals surface area contributed by atoms with Crippen LogP contribution in [0.3, 0.4) is 0 Å². The lowest BCUT2D eigenvalue weighted by Gasteiger charge is -2.30. The Morgan fingerprint density at radius 2 is 2.00 bits per heavy atom. The van der Waals surface area contributed by atoms with Crippen LogP contribution in [0.5, 0.6) is 0 Å². The van der Waals surface area contributed by atoms with Crippen LogP contribution in [0.2, 0.25) is 0 Å². The molecule has 0 radical (unpaired) electrons. The SMILES string of the molecule is O=C(O)C1CCN(C(=O)c2ccnc(-n3cccn3)c2)CC1. The summed E-state index contributed by atoms with van der Waals surface area (Å²) in [4.78, 5) is 29.4. The maximum absolute atomic E-state index is 12.5. The van der Waals surface area contributed by atoms with Crippen molar-refractivity contribution in [3.05, 3.63) is 42.4 Å². The van der Waals surface area contributed by atoms with Gasteiger partial charge in [-0.05, 0) is 31.0 Å². The second kappa shape index (κ2) is 5.97. The van der Waals surface area contributed by atoms with E-state index in [1.807, 2.05) is 0 Å². The monoisotopic (exact) mass is 300 g/mol. The maximum Gasteiger partial charge on any atom is 0.306 e. The standard InChI is InChI=1S/C15H16N4O3/c20-14(18-8-3-11(4-9-18)15(21)22)12-2-6-16-13(10-12)19-7-1-5-17-19/h1-2,5-7,10-11H,3-4,8-9H2,(H,21,22). The Bertz CT molecular complexity index is 676. The lowest BCUT2D eigenvalue weighted by atomic mass is 9.96. The minimum Gasteiger partial charge on any atom is -0.481 e. The zero-order chi connectivity index (χ0) is 15.5. The van der Waals surface area contributed by atoms with Crippen molar-refractivity contribution in [1.82, 2.24) is 19.7 Å². The van der Waals surface area contributed by atoms with Crippen LogP contribution >= 0.6 is 0 Å². The molecular weight excluding hydrogens is 284 g/mol. The van der Waals surface area contributed by atoms with Gasteiger partial charge in [0, 0.05) is 37.2 Å². The number of hydrogen-bond donors (Lipinski definition) is 1. The third kappa shape index (κ3) is 2.83. The molecule has 0 bridgehead atoms. The first-order valence-electron chi connectivity index (χ1n) is 7.13. The van der Waals surface area contributed by atoms with Gasteiger partial charge in [-0.2, -0.15) is 5.10 Å². The summed E-state index contributed by atoms with van der Waals surface area (Å²) in [5, 5.41) is 13.1. The van der Waals surface area contributed by atoms with E-state index >= 15 is 0 Å². The molecule has 0 unspecified atom stereocenters. The normalized spacial score (nSPS) is 15.7. The van der Waals surface area contributed by atoms with Gasteiger partial charge in [-0.3, -0.25) is 9.59 Å². The van der Waals surface area contributed by atoms with E-state index in [0.717, 1.165) is 0 Å². The molecule has 0 atom stereocenters. The van der Waals surface area contributed by atoms with Crippen LogP contribution in [0.4, 0.5) is 0 Å². The third-order valence-electron chi connectivity index (χ3n) is 3.86. The van der Waals surface area contributed by atoms with Gasteiger partial charge in [0.15, 0.2) is 5.82 Å². The molecule has 114 valence electrons. The Morgan fingerprint density at radius 1 is 1.23 bits per heavy atom. The number of pyridine rings is 1. The number of hydrogen-bond acceptors (Lipinski definition) is 4. The number of aliphatic carboxylic acids is 1. The van der Waals surface area contributed by atoms with Crippen molar-refractivity contribution in [2.24, 2.45) is 5.92 Å². The quantitative estimate of drug-likeness (QED) is 0.920. The van der Waals surface area contributed by atoms with Gasteiger partial charge in [0.1, 0.15) is 0 Å². The average Bonchev–Trinajstić information content (AvgIpc) is 3.09. The van der Waals surface area contributed by atoms with Crippen molar-refractivity contribution in [3.63, 3.8) is 0 Å². The van der Waals surface area contributed by atoms with E-state index < -0.39 is 5.97 Å². The van der Waals surface area contributed by atoms with Crippen LogP contribution in [-0.4, -0.2) is 49.7 Å². The highest BCUT2D eigenvalue weighted by molar-refractivity contribution is 5.94. The molecule has 1 aliphatic rings. The molecule has 7 heteroatoms. The summed E-state index contributed by atoms with van der Waals surface area (Å²) in [6.45, 7) is 0.935. The zero-order valence-electron chi connectivity index (χ0n) is 11.9. The molecule has 3 rings (SSSR count). The fraction of sp³-hybridized carbons (Fsp3) is 0.333. The van der Waals surface area contributed by atoms with Crippen LogP contribution in [-0.2, 0) is 4.79 Å². The topological polar surface area (TPSA) is 88.3 Å². The first kappa shape index (κ1) is 14.2. The molecule has 0 saturated carbocycles. The summed E-state index contributed by atoms with van der Waals surface area (Å²) >= 11 is 0. The van der Waals surface area contributed by atoms with Gasteiger partial charge in [0.25, 0.3) is 5.91 Å². The Balaban J connectivity index is 1.73. The number of rotatable bonds is 3. The number of piperidine rings is 1. The number of amides is 1. The van der Waals surface area contributed by atoms with Crippen LogP contribution < -0.4 is 0 Å². The van der Waals surface area contributed by atoms with Crippen LogP contribution in [0.15, 0.2) is 36.8 Å². The molecule has 1 aliphatic heterocycles. The lowest BCUT2D eigenvalue weighted by molar-refractivity contribution is -0.143. The Kier molecular flexibility index (Phi) is 3.86. The summed E-state index contributed by atoms with van der Waals surface area (Å²) in [6.07, 6.45) is 5.98. The van der Waals surface area contributed by atoms with Gasteiger partial charge >= 0.3 is 5.97 Å². The van der Waals surface area contributed by atoms with Gasteiger partial charge < -0.3 is 10.0 Å². The summed E-state index contributed by atoms with van der Waals surface area (Å²) in [5.74, 6) is -0.644. The highest BCUT2D eigenvalue weighted by Crippen LogP contribution is 2.19. The van der Waals surface area contributed by atoms with Crippen molar-refractivity contribution >= 4 is 11.9 Å².